The van der Waals surface area contributed by atoms with Gasteiger partial charge in [-0.25, -0.2) is 9.59 Å². The third-order valence-electron chi connectivity index (χ3n) is 0.271. The van der Waals surface area contributed by atoms with Gasteiger partial charge in [-0.3, -0.25) is 0 Å². The standard InChI is InChI=1S/2C2H4O3.Mo.2O/c2*3-1-2(4)5;;;/h2*3H,1H2,(H,4,5);;;. The third kappa shape index (κ3) is 94.1. The minimum atomic E-state index is -2.03. The Morgan fingerprint density at radius 2 is 1.00 bits per heavy atom. The third-order valence-corrected chi connectivity index (χ3v) is 0.271. The first-order valence-corrected chi connectivity index (χ1v) is 4.17. The van der Waals surface area contributed by atoms with E-state index < -0.39 is 43.6 Å². The number of carbonyl (C=O) groups is 2. The Balaban J connectivity index is -0.000000120. The van der Waals surface area contributed by atoms with Crippen molar-refractivity contribution in [3.8, 4) is 0 Å². The van der Waals surface area contributed by atoms with Crippen LogP contribution in [-0.2, 0) is 34.9 Å². The van der Waals surface area contributed by atoms with Crippen LogP contribution in [-0.4, -0.2) is 45.6 Å². The van der Waals surface area contributed by atoms with E-state index in [1.807, 2.05) is 0 Å². The van der Waals surface area contributed by atoms with E-state index in [0.29, 0.717) is 0 Å². The summed E-state index contributed by atoms with van der Waals surface area (Å²) < 4.78 is 17.0. The Morgan fingerprint density at radius 3 is 1.00 bits per heavy atom. The van der Waals surface area contributed by atoms with Crippen molar-refractivity contribution in [3.63, 3.8) is 0 Å². The molecule has 8 nitrogen and oxygen atoms in total. The van der Waals surface area contributed by atoms with Gasteiger partial charge in [-0.15, -0.1) is 0 Å². The van der Waals surface area contributed by atoms with Crippen LogP contribution in [0, 0.1) is 0 Å². The van der Waals surface area contributed by atoms with E-state index in [1.165, 1.54) is 0 Å². The summed E-state index contributed by atoms with van der Waals surface area (Å²) in [7, 11) is 0. The Hall–Kier alpha value is -0.852. The number of aliphatic carboxylic acids is 2. The van der Waals surface area contributed by atoms with Gasteiger partial charge < -0.3 is 20.4 Å². The molecule has 0 spiro atoms. The molecule has 0 rings (SSSR count). The molecule has 0 aliphatic heterocycles. The maximum atomic E-state index is 9.12. The normalized spacial score (nSPS) is 6.62. The number of aliphatic hydroxyl groups excluding tert-OH is 2. The molecule has 0 unspecified atom stereocenters. The molecule has 0 radical (unpaired) electrons. The molecule has 0 atom stereocenters. The molecule has 13 heavy (non-hydrogen) atoms. The predicted octanol–water partition coefficient (Wildman–Crippen LogP) is -2.11. The van der Waals surface area contributed by atoms with Gasteiger partial charge in [0.25, 0.3) is 0 Å². The average molecular weight is 280 g/mol. The van der Waals surface area contributed by atoms with E-state index in [2.05, 4.69) is 0 Å². The van der Waals surface area contributed by atoms with Crippen molar-refractivity contribution in [1.29, 1.82) is 0 Å². The number of aliphatic hydroxyl groups is 2. The Labute approximate surface area is 81.0 Å². The van der Waals surface area contributed by atoms with E-state index in [9.17, 15) is 0 Å². The second-order valence-corrected chi connectivity index (χ2v) is 1.51. The number of carboxylic acid groups (broad SMARTS) is 2. The quantitative estimate of drug-likeness (QED) is 0.419. The van der Waals surface area contributed by atoms with E-state index in [4.69, 9.17) is 36.8 Å². The number of hydrogen-bond acceptors (Lipinski definition) is 6. The minimum absolute atomic E-state index is 0.778. The summed E-state index contributed by atoms with van der Waals surface area (Å²) in [5.41, 5.74) is 0. The van der Waals surface area contributed by atoms with Gasteiger partial charge in [0.2, 0.25) is 0 Å². The molecule has 0 aromatic rings. The van der Waals surface area contributed by atoms with Crippen LogP contribution in [0.5, 0.6) is 0 Å². The fourth-order valence-corrected chi connectivity index (χ4v) is 0. The molecule has 0 fully saturated rings. The average Bonchev–Trinajstić information content (AvgIpc) is 2.07. The van der Waals surface area contributed by atoms with Crippen molar-refractivity contribution in [2.75, 3.05) is 13.2 Å². The molecule has 0 heterocycles. The summed E-state index contributed by atoms with van der Waals surface area (Å²) in [5.74, 6) is -2.38. The molecular weight excluding hydrogens is 272 g/mol. The monoisotopic (exact) mass is 282 g/mol. The summed E-state index contributed by atoms with van der Waals surface area (Å²) in [6, 6.07) is 0. The Kier molecular flexibility index (Phi) is 24.0. The summed E-state index contributed by atoms with van der Waals surface area (Å²) in [6.07, 6.45) is 0. The van der Waals surface area contributed by atoms with Crippen LogP contribution in [0.2, 0.25) is 0 Å². The molecule has 0 aromatic heterocycles. The first kappa shape index (κ1) is 18.0. The molecule has 0 aliphatic carbocycles. The van der Waals surface area contributed by atoms with Crippen LogP contribution >= 0.6 is 0 Å². The summed E-state index contributed by atoms with van der Waals surface area (Å²) >= 11 is -2.03. The number of carboxylic acids is 2. The van der Waals surface area contributed by atoms with E-state index >= 15 is 0 Å². The molecule has 0 amide bonds. The fraction of sp³-hybridized carbons (Fsp3) is 0.500. The van der Waals surface area contributed by atoms with E-state index in [0.717, 1.165) is 0 Å². The second-order valence-electron chi connectivity index (χ2n) is 1.17. The van der Waals surface area contributed by atoms with Crippen LogP contribution in [0.3, 0.4) is 0 Å². The zero-order valence-corrected chi connectivity index (χ0v) is 8.25. The first-order chi connectivity index (χ1) is 5.95. The van der Waals surface area contributed by atoms with Crippen LogP contribution in [0.25, 0.3) is 0 Å². The van der Waals surface area contributed by atoms with Gasteiger partial charge in [0, 0.05) is 0 Å². The summed E-state index contributed by atoms with van der Waals surface area (Å²) in [5, 5.41) is 30.0. The summed E-state index contributed by atoms with van der Waals surface area (Å²) in [6.45, 7) is -1.56. The number of hydrogen-bond donors (Lipinski definition) is 4. The Bertz CT molecular complexity index is 157. The van der Waals surface area contributed by atoms with Crippen LogP contribution < -0.4 is 0 Å². The molecule has 4 N–H and O–H groups in total. The molecule has 78 valence electrons. The van der Waals surface area contributed by atoms with Crippen LogP contribution in [0.1, 0.15) is 0 Å². The molecule has 0 saturated heterocycles. The van der Waals surface area contributed by atoms with Gasteiger partial charge in [-0.05, 0) is 0 Å². The molecular formula is C4H8MoO8. The SMILES string of the molecule is O=C(O)CO.O=C(O)CO.[O]=[Mo]=[O]. The van der Waals surface area contributed by atoms with Gasteiger partial charge in [-0.1, -0.05) is 0 Å². The molecule has 0 saturated carbocycles. The van der Waals surface area contributed by atoms with Gasteiger partial charge in [0.15, 0.2) is 0 Å². The van der Waals surface area contributed by atoms with Gasteiger partial charge in [0.05, 0.1) is 0 Å². The molecule has 9 heteroatoms. The zero-order chi connectivity index (χ0) is 11.3. The zero-order valence-electron chi connectivity index (χ0n) is 6.24. The van der Waals surface area contributed by atoms with Crippen LogP contribution in [0.4, 0.5) is 0 Å². The maximum absolute atomic E-state index is 9.12. The molecule has 0 aromatic carbocycles. The second kappa shape index (κ2) is 17.3. The van der Waals surface area contributed by atoms with Crippen molar-refractivity contribution >= 4 is 11.9 Å². The predicted molar refractivity (Wildman–Crippen MR) is 30.8 cm³/mol. The van der Waals surface area contributed by atoms with Gasteiger partial charge >= 0.3 is 37.2 Å². The van der Waals surface area contributed by atoms with Gasteiger partial charge in [0.1, 0.15) is 13.2 Å². The fourth-order valence-electron chi connectivity index (χ4n) is 0. The Morgan fingerprint density at radius 1 is 0.923 bits per heavy atom. The van der Waals surface area contributed by atoms with Crippen molar-refractivity contribution in [3.05, 3.63) is 0 Å². The topological polar surface area (TPSA) is 149 Å². The van der Waals surface area contributed by atoms with Gasteiger partial charge in [-0.2, -0.15) is 0 Å². The molecule has 0 aliphatic rings. The number of rotatable bonds is 2. The van der Waals surface area contributed by atoms with Crippen molar-refractivity contribution in [2.45, 2.75) is 0 Å². The van der Waals surface area contributed by atoms with Crippen molar-refractivity contribution < 1.29 is 55.3 Å². The summed E-state index contributed by atoms with van der Waals surface area (Å²) in [4.78, 5) is 18.2. The molecule has 0 bridgehead atoms. The van der Waals surface area contributed by atoms with E-state index in [1.54, 1.807) is 0 Å². The van der Waals surface area contributed by atoms with E-state index in [-0.39, 0.29) is 0 Å². The van der Waals surface area contributed by atoms with Crippen molar-refractivity contribution in [2.24, 2.45) is 0 Å². The first-order valence-electron chi connectivity index (χ1n) is 2.53. The van der Waals surface area contributed by atoms with Crippen molar-refractivity contribution in [1.82, 2.24) is 0 Å². The van der Waals surface area contributed by atoms with Crippen LogP contribution in [0.15, 0.2) is 0 Å².